The highest BCUT2D eigenvalue weighted by molar-refractivity contribution is 5.79. The molecule has 0 radical (unpaired) electrons. The van der Waals surface area contributed by atoms with Crippen molar-refractivity contribution in [3.8, 4) is 0 Å². The fraction of sp³-hybridized carbons (Fsp3) is 0.818. The van der Waals surface area contributed by atoms with Gasteiger partial charge in [-0.2, -0.15) is 0 Å². The zero-order valence-electron chi connectivity index (χ0n) is 17.7. The highest BCUT2D eigenvalue weighted by Crippen LogP contribution is 2.47. The van der Waals surface area contributed by atoms with Crippen LogP contribution >= 0.6 is 0 Å². The van der Waals surface area contributed by atoms with Crippen LogP contribution in [0.25, 0.3) is 0 Å². The molecule has 27 heavy (non-hydrogen) atoms. The highest BCUT2D eigenvalue weighted by atomic mass is 16.6. The van der Waals surface area contributed by atoms with E-state index in [9.17, 15) is 14.7 Å². The maximum atomic E-state index is 12.4. The Morgan fingerprint density at radius 2 is 1.93 bits per heavy atom. The summed E-state index contributed by atoms with van der Waals surface area (Å²) in [6.07, 6.45) is 6.84. The lowest BCUT2D eigenvalue weighted by molar-refractivity contribution is -0.179. The van der Waals surface area contributed by atoms with Gasteiger partial charge in [-0.3, -0.25) is 9.59 Å². The molecule has 5 atom stereocenters. The van der Waals surface area contributed by atoms with E-state index >= 15 is 0 Å². The molecule has 0 aliphatic carbocycles. The first kappa shape index (κ1) is 22.1. The summed E-state index contributed by atoms with van der Waals surface area (Å²) in [5.74, 6) is 0.0924. The maximum absolute atomic E-state index is 12.4. The van der Waals surface area contributed by atoms with Crippen molar-refractivity contribution in [2.75, 3.05) is 0 Å². The Morgan fingerprint density at radius 3 is 2.52 bits per heavy atom. The Hall–Kier alpha value is -1.20. The lowest BCUT2D eigenvalue weighted by atomic mass is 9.82. The Labute approximate surface area is 163 Å². The largest absolute Gasteiger partial charge is 0.459 e. The van der Waals surface area contributed by atoms with Crippen molar-refractivity contribution >= 4 is 11.8 Å². The Bertz CT molecular complexity index is 594. The number of hydrogen-bond acceptors (Lipinski definition) is 5. The molecule has 2 aliphatic rings. The molecule has 1 saturated heterocycles. The van der Waals surface area contributed by atoms with Crippen LogP contribution in [0.4, 0.5) is 0 Å². The monoisotopic (exact) mass is 380 g/mol. The molecular weight excluding hydrogens is 344 g/mol. The van der Waals surface area contributed by atoms with Crippen LogP contribution in [0.2, 0.25) is 0 Å². The van der Waals surface area contributed by atoms with Crippen LogP contribution in [-0.4, -0.2) is 39.8 Å². The number of fused-ring (bicyclic) bond motifs is 2. The van der Waals surface area contributed by atoms with E-state index in [4.69, 9.17) is 9.47 Å². The molecule has 2 bridgehead atoms. The van der Waals surface area contributed by atoms with Crippen molar-refractivity contribution in [3.05, 3.63) is 12.2 Å². The van der Waals surface area contributed by atoms with Crippen LogP contribution in [0.1, 0.15) is 80.1 Å². The third-order valence-electron chi connectivity index (χ3n) is 6.18. The van der Waals surface area contributed by atoms with Crippen molar-refractivity contribution in [1.82, 2.24) is 0 Å². The van der Waals surface area contributed by atoms with Gasteiger partial charge in [0.05, 0.1) is 11.2 Å². The quantitative estimate of drug-likeness (QED) is 0.580. The normalized spacial score (nSPS) is 42.1. The van der Waals surface area contributed by atoms with E-state index in [-0.39, 0.29) is 36.1 Å². The second-order valence-corrected chi connectivity index (χ2v) is 9.42. The number of Topliss-reactive ketones (excluding diaryl/α,β-unsaturated/α-hetero) is 1. The molecule has 0 saturated carbocycles. The average molecular weight is 381 g/mol. The van der Waals surface area contributed by atoms with Crippen molar-refractivity contribution in [2.24, 2.45) is 11.8 Å². The number of carbonyl (C=O) groups is 2. The van der Waals surface area contributed by atoms with Crippen molar-refractivity contribution in [3.63, 3.8) is 0 Å². The predicted octanol–water partition coefficient (Wildman–Crippen LogP) is 3.97. The predicted molar refractivity (Wildman–Crippen MR) is 104 cm³/mol. The van der Waals surface area contributed by atoms with E-state index < -0.39 is 16.8 Å². The van der Waals surface area contributed by atoms with E-state index in [0.717, 1.165) is 19.3 Å². The average Bonchev–Trinajstić information content (AvgIpc) is 2.88. The Morgan fingerprint density at radius 1 is 1.26 bits per heavy atom. The van der Waals surface area contributed by atoms with Gasteiger partial charge in [-0.1, -0.05) is 32.9 Å². The van der Waals surface area contributed by atoms with Gasteiger partial charge < -0.3 is 14.6 Å². The number of hydrogen-bond donors (Lipinski definition) is 1. The van der Waals surface area contributed by atoms with E-state index in [1.54, 1.807) is 13.0 Å². The van der Waals surface area contributed by atoms with Gasteiger partial charge >= 0.3 is 5.97 Å². The zero-order valence-corrected chi connectivity index (χ0v) is 17.7. The highest BCUT2D eigenvalue weighted by Gasteiger charge is 2.52. The van der Waals surface area contributed by atoms with Gasteiger partial charge in [0.15, 0.2) is 0 Å². The van der Waals surface area contributed by atoms with Crippen molar-refractivity contribution < 1.29 is 24.2 Å². The molecule has 1 N–H and O–H groups in total. The Kier molecular flexibility index (Phi) is 6.58. The first-order valence-electron chi connectivity index (χ1n) is 10.2. The minimum atomic E-state index is -1.19. The van der Waals surface area contributed by atoms with Crippen LogP contribution in [0.3, 0.4) is 0 Å². The van der Waals surface area contributed by atoms with Crippen LogP contribution in [-0.2, 0) is 19.1 Å². The summed E-state index contributed by atoms with van der Waals surface area (Å²) in [4.78, 5) is 24.1. The maximum Gasteiger partial charge on any atom is 0.303 e. The SMILES string of the molecule is CC(=O)O[C@@H]1CC[C@H](C)CC(=O)C[C@@](C)(O)/C=C/[C@@]2(C(C)C)CC[C@]1(C)O2. The third kappa shape index (κ3) is 5.41. The van der Waals surface area contributed by atoms with Crippen molar-refractivity contribution in [2.45, 2.75) is 103 Å². The summed E-state index contributed by atoms with van der Waals surface area (Å²) in [6.45, 7) is 11.3. The summed E-state index contributed by atoms with van der Waals surface area (Å²) in [7, 11) is 0. The van der Waals surface area contributed by atoms with Gasteiger partial charge in [-0.15, -0.1) is 0 Å². The number of carbonyl (C=O) groups excluding carboxylic acids is 2. The minimum absolute atomic E-state index is 0.0521. The standard InChI is InChI=1S/C22H36O5/c1-15(2)22-11-9-20(5,25)14-18(24)13-16(3)7-8-19(26-17(4)23)21(6,27-22)10-12-22/h9,11,15-16,19,25H,7-8,10,12-14H2,1-6H3/b11-9+/t16-,19+,20-,21-,22-/m0/s1. The molecule has 0 spiro atoms. The fourth-order valence-corrected chi connectivity index (χ4v) is 4.39. The number of rotatable bonds is 2. The number of ketones is 1. The molecule has 0 aromatic rings. The zero-order chi connectivity index (χ0) is 20.5. The second kappa shape index (κ2) is 8.04. The number of ether oxygens (including phenoxy) is 2. The fourth-order valence-electron chi connectivity index (χ4n) is 4.39. The van der Waals surface area contributed by atoms with Crippen LogP contribution in [0, 0.1) is 11.8 Å². The van der Waals surface area contributed by atoms with E-state index in [1.807, 2.05) is 19.9 Å². The molecule has 0 aromatic heterocycles. The molecule has 2 aliphatic heterocycles. The molecule has 154 valence electrons. The smallest absolute Gasteiger partial charge is 0.303 e. The van der Waals surface area contributed by atoms with E-state index in [2.05, 4.69) is 13.8 Å². The molecule has 0 unspecified atom stereocenters. The summed E-state index contributed by atoms with van der Waals surface area (Å²) >= 11 is 0. The molecule has 0 amide bonds. The molecule has 2 heterocycles. The van der Waals surface area contributed by atoms with Gasteiger partial charge in [0.25, 0.3) is 0 Å². The molecule has 0 aromatic carbocycles. The molecule has 5 nitrogen and oxygen atoms in total. The lowest BCUT2D eigenvalue weighted by Crippen LogP contribution is -2.46. The second-order valence-electron chi connectivity index (χ2n) is 9.42. The minimum Gasteiger partial charge on any atom is -0.459 e. The Balaban J connectivity index is 2.42. The van der Waals surface area contributed by atoms with Crippen LogP contribution in [0.15, 0.2) is 12.2 Å². The van der Waals surface area contributed by atoms with Gasteiger partial charge in [0.1, 0.15) is 17.5 Å². The topological polar surface area (TPSA) is 72.8 Å². The number of esters is 1. The summed E-state index contributed by atoms with van der Waals surface area (Å²) in [5, 5.41) is 10.7. The van der Waals surface area contributed by atoms with Gasteiger partial charge in [-0.05, 0) is 51.4 Å². The summed E-state index contributed by atoms with van der Waals surface area (Å²) < 4.78 is 12.3. The molecule has 5 heteroatoms. The first-order valence-corrected chi connectivity index (χ1v) is 10.2. The summed E-state index contributed by atoms with van der Waals surface area (Å²) in [6, 6.07) is 0. The van der Waals surface area contributed by atoms with Crippen LogP contribution < -0.4 is 0 Å². The van der Waals surface area contributed by atoms with Gasteiger partial charge in [0, 0.05) is 19.8 Å². The third-order valence-corrected chi connectivity index (χ3v) is 6.18. The van der Waals surface area contributed by atoms with Gasteiger partial charge in [0.2, 0.25) is 0 Å². The van der Waals surface area contributed by atoms with Crippen LogP contribution in [0.5, 0.6) is 0 Å². The van der Waals surface area contributed by atoms with Crippen molar-refractivity contribution in [1.29, 1.82) is 0 Å². The van der Waals surface area contributed by atoms with Gasteiger partial charge in [-0.25, -0.2) is 0 Å². The molecule has 2 rings (SSSR count). The van der Waals surface area contributed by atoms with E-state index in [0.29, 0.717) is 12.8 Å². The first-order chi connectivity index (χ1) is 12.4. The number of aliphatic hydroxyl groups is 1. The molecule has 1 fully saturated rings. The summed E-state index contributed by atoms with van der Waals surface area (Å²) in [5.41, 5.74) is -2.31. The lowest BCUT2D eigenvalue weighted by Gasteiger charge is -2.38. The van der Waals surface area contributed by atoms with E-state index in [1.165, 1.54) is 6.92 Å². The molecular formula is C22H36O5.